The second kappa shape index (κ2) is 5.25. The number of carboxylic acid groups (broad SMARTS) is 1. The molecule has 0 fully saturated rings. The van der Waals surface area contributed by atoms with E-state index in [0.717, 1.165) is 12.0 Å². The molecule has 0 aliphatic carbocycles. The monoisotopic (exact) mass is 227 g/mol. The molecule has 3 heteroatoms. The molecule has 0 spiro atoms. The number of hydrogen-bond acceptors (Lipinski definition) is 2. The summed E-state index contributed by atoms with van der Waals surface area (Å²) in [6.07, 6.45) is 4.37. The van der Waals surface area contributed by atoms with E-state index < -0.39 is 5.97 Å². The number of aromatic nitrogens is 1. The molecular formula is C14H13NO2. The molecule has 0 aliphatic heterocycles. The Balaban J connectivity index is 2.06. The number of carboxylic acids is 1. The minimum atomic E-state index is -1.08. The molecular weight excluding hydrogens is 214 g/mol. The smallest absolute Gasteiger partial charge is 0.187 e. The average molecular weight is 227 g/mol. The molecule has 0 amide bonds. The SMILES string of the molecule is O=C([O-])C[n+]1ccc(Cc2ccccc2)cc1. The predicted molar refractivity (Wildman–Crippen MR) is 60.9 cm³/mol. The molecule has 0 saturated carbocycles. The van der Waals surface area contributed by atoms with Gasteiger partial charge in [0.1, 0.15) is 5.97 Å². The second-order valence-electron chi connectivity index (χ2n) is 3.91. The number of pyridine rings is 1. The summed E-state index contributed by atoms with van der Waals surface area (Å²) in [6, 6.07) is 14.0. The van der Waals surface area contributed by atoms with E-state index in [-0.39, 0.29) is 6.54 Å². The third-order valence-corrected chi connectivity index (χ3v) is 2.52. The minimum absolute atomic E-state index is 0.106. The van der Waals surface area contributed by atoms with Crippen molar-refractivity contribution in [3.8, 4) is 0 Å². The first-order valence-electron chi connectivity index (χ1n) is 5.46. The van der Waals surface area contributed by atoms with Crippen LogP contribution < -0.4 is 9.67 Å². The van der Waals surface area contributed by atoms with Crippen molar-refractivity contribution >= 4 is 5.97 Å². The first kappa shape index (κ1) is 11.3. The Labute approximate surface area is 100.0 Å². The van der Waals surface area contributed by atoms with Gasteiger partial charge in [0.05, 0.1) is 0 Å². The van der Waals surface area contributed by atoms with Gasteiger partial charge >= 0.3 is 0 Å². The largest absolute Gasteiger partial charge is 0.544 e. The first-order chi connectivity index (χ1) is 8.24. The van der Waals surface area contributed by atoms with Crippen LogP contribution in [-0.2, 0) is 17.8 Å². The molecule has 0 bridgehead atoms. The van der Waals surface area contributed by atoms with Crippen molar-refractivity contribution in [2.75, 3.05) is 0 Å². The topological polar surface area (TPSA) is 44.0 Å². The van der Waals surface area contributed by atoms with Gasteiger partial charge in [0, 0.05) is 12.1 Å². The predicted octanol–water partition coefficient (Wildman–Crippen LogP) is 0.315. The van der Waals surface area contributed by atoms with E-state index in [0.29, 0.717) is 0 Å². The molecule has 0 unspecified atom stereocenters. The van der Waals surface area contributed by atoms with Gasteiger partial charge in [-0.15, -0.1) is 0 Å². The van der Waals surface area contributed by atoms with E-state index in [4.69, 9.17) is 0 Å². The molecule has 2 rings (SSSR count). The summed E-state index contributed by atoms with van der Waals surface area (Å²) in [5.74, 6) is -1.08. The van der Waals surface area contributed by atoms with Crippen LogP contribution in [0.3, 0.4) is 0 Å². The van der Waals surface area contributed by atoms with E-state index in [1.807, 2.05) is 30.3 Å². The number of carbonyl (C=O) groups excluding carboxylic acids is 1. The highest BCUT2D eigenvalue weighted by atomic mass is 16.4. The van der Waals surface area contributed by atoms with Crippen molar-refractivity contribution in [1.29, 1.82) is 0 Å². The van der Waals surface area contributed by atoms with Gasteiger partial charge in [-0.05, 0) is 17.5 Å². The summed E-state index contributed by atoms with van der Waals surface area (Å²) in [5, 5.41) is 10.4. The fourth-order valence-electron chi connectivity index (χ4n) is 1.69. The van der Waals surface area contributed by atoms with Gasteiger partial charge in [0.15, 0.2) is 18.9 Å². The summed E-state index contributed by atoms with van der Waals surface area (Å²) >= 11 is 0. The zero-order valence-corrected chi connectivity index (χ0v) is 9.37. The number of carbonyl (C=O) groups is 1. The van der Waals surface area contributed by atoms with Crippen molar-refractivity contribution in [3.05, 3.63) is 66.0 Å². The van der Waals surface area contributed by atoms with Gasteiger partial charge in [0.2, 0.25) is 0 Å². The Morgan fingerprint density at radius 1 is 1.00 bits per heavy atom. The second-order valence-corrected chi connectivity index (χ2v) is 3.91. The van der Waals surface area contributed by atoms with Crippen LogP contribution in [-0.4, -0.2) is 5.97 Å². The highest BCUT2D eigenvalue weighted by molar-refractivity contribution is 5.62. The molecule has 1 aromatic carbocycles. The van der Waals surface area contributed by atoms with Crippen LogP contribution in [0.25, 0.3) is 0 Å². The van der Waals surface area contributed by atoms with Crippen molar-refractivity contribution in [2.24, 2.45) is 0 Å². The lowest BCUT2D eigenvalue weighted by atomic mass is 10.1. The normalized spacial score (nSPS) is 10.1. The summed E-state index contributed by atoms with van der Waals surface area (Å²) in [7, 11) is 0. The van der Waals surface area contributed by atoms with Crippen LogP contribution in [0.2, 0.25) is 0 Å². The number of aliphatic carboxylic acids is 1. The van der Waals surface area contributed by atoms with E-state index in [1.54, 1.807) is 17.0 Å². The summed E-state index contributed by atoms with van der Waals surface area (Å²) in [4.78, 5) is 10.4. The van der Waals surface area contributed by atoms with E-state index in [9.17, 15) is 9.90 Å². The number of hydrogen-bond donors (Lipinski definition) is 0. The maximum absolute atomic E-state index is 10.4. The molecule has 0 atom stereocenters. The van der Waals surface area contributed by atoms with Crippen LogP contribution >= 0.6 is 0 Å². The van der Waals surface area contributed by atoms with Crippen molar-refractivity contribution in [1.82, 2.24) is 0 Å². The minimum Gasteiger partial charge on any atom is -0.544 e. The molecule has 0 radical (unpaired) electrons. The highest BCUT2D eigenvalue weighted by Gasteiger charge is 2.01. The Morgan fingerprint density at radius 3 is 2.18 bits per heavy atom. The number of benzene rings is 1. The Hall–Kier alpha value is -2.16. The van der Waals surface area contributed by atoms with Crippen LogP contribution in [0.5, 0.6) is 0 Å². The molecule has 1 aromatic heterocycles. The summed E-state index contributed by atoms with van der Waals surface area (Å²) in [6.45, 7) is -0.106. The molecule has 2 aromatic rings. The standard InChI is InChI=1S/C14H13NO2/c16-14(17)11-15-8-6-13(7-9-15)10-12-4-2-1-3-5-12/h1-9H,10-11H2. The lowest BCUT2D eigenvalue weighted by Gasteiger charge is -2.01. The molecule has 17 heavy (non-hydrogen) atoms. The lowest BCUT2D eigenvalue weighted by Crippen LogP contribution is -2.43. The van der Waals surface area contributed by atoms with Crippen LogP contribution in [0.4, 0.5) is 0 Å². The van der Waals surface area contributed by atoms with Crippen LogP contribution in [0.1, 0.15) is 11.1 Å². The molecule has 0 saturated heterocycles. The zero-order chi connectivity index (χ0) is 12.1. The van der Waals surface area contributed by atoms with Gasteiger partial charge in [0.25, 0.3) is 0 Å². The highest BCUT2D eigenvalue weighted by Crippen LogP contribution is 2.06. The van der Waals surface area contributed by atoms with Gasteiger partial charge in [-0.3, -0.25) is 0 Å². The fourth-order valence-corrected chi connectivity index (χ4v) is 1.69. The Bertz CT molecular complexity index is 491. The van der Waals surface area contributed by atoms with Crippen LogP contribution in [0.15, 0.2) is 54.9 Å². The van der Waals surface area contributed by atoms with Gasteiger partial charge in [-0.2, -0.15) is 4.57 Å². The van der Waals surface area contributed by atoms with E-state index in [2.05, 4.69) is 12.1 Å². The van der Waals surface area contributed by atoms with Gasteiger partial charge < -0.3 is 9.90 Å². The maximum atomic E-state index is 10.4. The molecule has 1 heterocycles. The molecule has 3 nitrogen and oxygen atoms in total. The summed E-state index contributed by atoms with van der Waals surface area (Å²) in [5.41, 5.74) is 2.40. The van der Waals surface area contributed by atoms with Crippen molar-refractivity contribution in [3.63, 3.8) is 0 Å². The summed E-state index contributed by atoms with van der Waals surface area (Å²) < 4.78 is 1.59. The molecule has 0 N–H and O–H groups in total. The third-order valence-electron chi connectivity index (χ3n) is 2.52. The van der Waals surface area contributed by atoms with Gasteiger partial charge in [-0.1, -0.05) is 30.3 Å². The zero-order valence-electron chi connectivity index (χ0n) is 9.37. The molecule has 86 valence electrons. The Kier molecular flexibility index (Phi) is 3.50. The van der Waals surface area contributed by atoms with Crippen molar-refractivity contribution < 1.29 is 14.5 Å². The Morgan fingerprint density at radius 2 is 1.59 bits per heavy atom. The lowest BCUT2D eigenvalue weighted by molar-refractivity contribution is -0.690. The molecule has 0 aliphatic rings. The van der Waals surface area contributed by atoms with E-state index >= 15 is 0 Å². The van der Waals surface area contributed by atoms with Crippen LogP contribution in [0, 0.1) is 0 Å². The first-order valence-corrected chi connectivity index (χ1v) is 5.46. The number of rotatable bonds is 4. The number of nitrogens with zero attached hydrogens (tertiary/aromatic N) is 1. The third kappa shape index (κ3) is 3.41. The van der Waals surface area contributed by atoms with E-state index in [1.165, 1.54) is 5.56 Å². The van der Waals surface area contributed by atoms with Crippen molar-refractivity contribution in [2.45, 2.75) is 13.0 Å². The average Bonchev–Trinajstić information content (AvgIpc) is 2.32. The maximum Gasteiger partial charge on any atom is 0.187 e. The fraction of sp³-hybridized carbons (Fsp3) is 0.143. The quantitative estimate of drug-likeness (QED) is 0.706. The van der Waals surface area contributed by atoms with Gasteiger partial charge in [-0.25, -0.2) is 0 Å².